The second-order valence-electron chi connectivity index (χ2n) is 11.3. The molecule has 6 heterocycles. The van der Waals surface area contributed by atoms with E-state index in [0.29, 0.717) is 33.6 Å². The molecule has 1 amide bonds. The number of aromatic nitrogens is 5. The number of nitrogens with zero attached hydrogens (tertiary/aromatic N) is 8. The fourth-order valence-corrected chi connectivity index (χ4v) is 6.58. The minimum absolute atomic E-state index is 0.142. The number of nitrogens with one attached hydrogen (secondary N) is 1. The molecule has 7 rings (SSSR count). The van der Waals surface area contributed by atoms with E-state index in [1.54, 1.807) is 12.1 Å². The third-order valence-electron chi connectivity index (χ3n) is 8.35. The smallest absolute Gasteiger partial charge is 0.228 e. The van der Waals surface area contributed by atoms with Crippen LogP contribution < -0.4 is 10.2 Å². The van der Waals surface area contributed by atoms with Gasteiger partial charge in [0.25, 0.3) is 0 Å². The number of pyridine rings is 1. The van der Waals surface area contributed by atoms with Crippen LogP contribution in [0.25, 0.3) is 28.0 Å². The van der Waals surface area contributed by atoms with Gasteiger partial charge in [-0.3, -0.25) is 9.20 Å². The molecule has 44 heavy (non-hydrogen) atoms. The van der Waals surface area contributed by atoms with Crippen LogP contribution in [-0.2, 0) is 17.6 Å². The summed E-state index contributed by atoms with van der Waals surface area (Å²) in [7, 11) is 1.92. The van der Waals surface area contributed by atoms with Crippen molar-refractivity contribution < 1.29 is 9.18 Å². The van der Waals surface area contributed by atoms with Crippen molar-refractivity contribution in [2.75, 3.05) is 38.1 Å². The zero-order valence-corrected chi connectivity index (χ0v) is 25.2. The number of fused-ring (bicyclic) bond motifs is 1. The number of benzene rings is 1. The van der Waals surface area contributed by atoms with E-state index in [1.165, 1.54) is 23.5 Å². The Morgan fingerprint density at radius 2 is 1.82 bits per heavy atom. The summed E-state index contributed by atoms with van der Waals surface area (Å²) in [6.45, 7) is 5.18. The van der Waals surface area contributed by atoms with Crippen molar-refractivity contribution in [3.05, 3.63) is 77.2 Å². The highest BCUT2D eigenvalue weighted by Crippen LogP contribution is 2.37. The number of carbonyl (C=O) groups is 1. The molecule has 0 bridgehead atoms. The Morgan fingerprint density at radius 3 is 2.48 bits per heavy atom. The number of rotatable bonds is 8. The second-order valence-corrected chi connectivity index (χ2v) is 12.3. The molecule has 5 aromatic rings. The van der Waals surface area contributed by atoms with Gasteiger partial charge in [0.1, 0.15) is 39.7 Å². The van der Waals surface area contributed by atoms with E-state index in [9.17, 15) is 14.4 Å². The van der Waals surface area contributed by atoms with Gasteiger partial charge in [0.2, 0.25) is 5.91 Å². The van der Waals surface area contributed by atoms with Crippen LogP contribution in [0.4, 0.5) is 15.3 Å². The first-order valence-corrected chi connectivity index (χ1v) is 15.5. The minimum atomic E-state index is -0.339. The maximum Gasteiger partial charge on any atom is 0.228 e. The van der Waals surface area contributed by atoms with Gasteiger partial charge in [-0.25, -0.2) is 24.3 Å². The van der Waals surface area contributed by atoms with Crippen molar-refractivity contribution in [3.63, 3.8) is 0 Å². The van der Waals surface area contributed by atoms with Gasteiger partial charge in [-0.15, -0.1) is 0 Å². The monoisotopic (exact) mass is 607 g/mol. The van der Waals surface area contributed by atoms with E-state index >= 15 is 0 Å². The van der Waals surface area contributed by atoms with E-state index in [4.69, 9.17) is 9.97 Å². The first-order valence-electron chi connectivity index (χ1n) is 14.6. The van der Waals surface area contributed by atoms with Crippen molar-refractivity contribution in [1.29, 1.82) is 5.26 Å². The first-order chi connectivity index (χ1) is 21.4. The molecular weight excluding hydrogens is 577 g/mol. The van der Waals surface area contributed by atoms with E-state index in [1.807, 2.05) is 52.0 Å². The summed E-state index contributed by atoms with van der Waals surface area (Å²) < 4.78 is 15.6. The van der Waals surface area contributed by atoms with Crippen molar-refractivity contribution >= 4 is 33.8 Å². The molecule has 1 aromatic carbocycles. The molecular formula is C32H30FN9OS. The van der Waals surface area contributed by atoms with Gasteiger partial charge in [-0.05, 0) is 42.8 Å². The van der Waals surface area contributed by atoms with Crippen molar-refractivity contribution in [2.45, 2.75) is 19.8 Å². The molecule has 0 spiro atoms. The van der Waals surface area contributed by atoms with Crippen LogP contribution in [0.1, 0.15) is 23.3 Å². The van der Waals surface area contributed by atoms with E-state index in [2.05, 4.69) is 28.3 Å². The molecule has 10 nitrogen and oxygen atoms in total. The SMILES string of the molecule is CCc1nc2ccc(-c3cnc(CC4CN(C(=O)C5CNC5)C4)nc3)cn2c1N(C)c1nc(-c2ccc(F)cc2)c(C#N)s1. The molecule has 12 heteroatoms. The summed E-state index contributed by atoms with van der Waals surface area (Å²) in [5.74, 6) is 2.09. The lowest BCUT2D eigenvalue weighted by Gasteiger charge is -2.42. The molecule has 2 saturated heterocycles. The molecule has 0 saturated carbocycles. The number of aryl methyl sites for hydroxylation is 1. The molecule has 0 aliphatic carbocycles. The quantitative estimate of drug-likeness (QED) is 0.275. The summed E-state index contributed by atoms with van der Waals surface area (Å²) in [6.07, 6.45) is 7.18. The van der Waals surface area contributed by atoms with Gasteiger partial charge in [0.15, 0.2) is 5.13 Å². The third-order valence-corrected chi connectivity index (χ3v) is 9.38. The maximum atomic E-state index is 13.5. The standard InChI is InChI=1S/C32H30FN9OS/c1-3-25-30(40(2)32-39-29(26(11-34)44-32)20-4-7-24(33)8-5-20)42-18-21(6-9-28(42)38-25)22-14-36-27(37-15-22)10-19-16-41(17-19)31(43)23-12-35-13-23/h4-9,14-15,18-19,23,35H,3,10,12-13,16-17H2,1-2H3. The van der Waals surface area contributed by atoms with E-state index in [0.717, 1.165) is 66.7 Å². The lowest BCUT2D eigenvalue weighted by Crippen LogP contribution is -2.58. The molecule has 4 aromatic heterocycles. The Bertz CT molecular complexity index is 1880. The van der Waals surface area contributed by atoms with Crippen molar-refractivity contribution in [3.8, 4) is 28.5 Å². The minimum Gasteiger partial charge on any atom is -0.342 e. The number of imidazole rings is 1. The van der Waals surface area contributed by atoms with Crippen molar-refractivity contribution in [2.24, 2.45) is 11.8 Å². The average molecular weight is 608 g/mol. The molecule has 0 radical (unpaired) electrons. The largest absolute Gasteiger partial charge is 0.342 e. The maximum absolute atomic E-state index is 13.5. The Balaban J connectivity index is 1.12. The van der Waals surface area contributed by atoms with Crippen LogP contribution in [-0.4, -0.2) is 68.4 Å². The van der Waals surface area contributed by atoms with Crippen molar-refractivity contribution in [1.82, 2.24) is 34.6 Å². The number of hydrogen-bond donors (Lipinski definition) is 1. The summed E-state index contributed by atoms with van der Waals surface area (Å²) in [5.41, 5.74) is 4.74. The number of amides is 1. The molecule has 0 atom stereocenters. The third kappa shape index (κ3) is 5.08. The molecule has 2 aliphatic heterocycles. The number of likely N-dealkylation sites (tertiary alicyclic amines) is 1. The van der Waals surface area contributed by atoms with Gasteiger partial charge < -0.3 is 15.1 Å². The Labute approximate surface area is 257 Å². The summed E-state index contributed by atoms with van der Waals surface area (Å²) in [6, 6.07) is 12.2. The van der Waals surface area contributed by atoms with Crippen LogP contribution in [0.2, 0.25) is 0 Å². The Hall–Kier alpha value is -4.73. The second kappa shape index (κ2) is 11.4. The van der Waals surface area contributed by atoms with Crippen LogP contribution in [0.5, 0.6) is 0 Å². The number of halogens is 1. The van der Waals surface area contributed by atoms with Gasteiger partial charge >= 0.3 is 0 Å². The summed E-state index contributed by atoms with van der Waals surface area (Å²) in [4.78, 5) is 35.7. The Kier molecular flexibility index (Phi) is 7.27. The number of anilines is 2. The van der Waals surface area contributed by atoms with Gasteiger partial charge in [0.05, 0.1) is 11.6 Å². The van der Waals surface area contributed by atoms with Crippen LogP contribution in [0.15, 0.2) is 55.0 Å². The molecule has 222 valence electrons. The number of thiazole rings is 1. The van der Waals surface area contributed by atoms with E-state index in [-0.39, 0.29) is 17.6 Å². The zero-order valence-electron chi connectivity index (χ0n) is 24.4. The highest BCUT2D eigenvalue weighted by atomic mass is 32.1. The fraction of sp³-hybridized carbons (Fsp3) is 0.312. The van der Waals surface area contributed by atoms with Crippen LogP contribution in [0, 0.1) is 29.0 Å². The van der Waals surface area contributed by atoms with Gasteiger partial charge in [0, 0.05) is 80.8 Å². The Morgan fingerprint density at radius 1 is 1.09 bits per heavy atom. The highest BCUT2D eigenvalue weighted by Gasteiger charge is 2.36. The van der Waals surface area contributed by atoms with Crippen LogP contribution in [0.3, 0.4) is 0 Å². The first kappa shape index (κ1) is 28.1. The molecule has 0 unspecified atom stereocenters. The molecule has 2 aliphatic rings. The highest BCUT2D eigenvalue weighted by molar-refractivity contribution is 7.16. The zero-order chi connectivity index (χ0) is 30.4. The summed E-state index contributed by atoms with van der Waals surface area (Å²) >= 11 is 1.29. The lowest BCUT2D eigenvalue weighted by molar-refractivity contribution is -0.143. The summed E-state index contributed by atoms with van der Waals surface area (Å²) in [5, 5.41) is 13.6. The van der Waals surface area contributed by atoms with E-state index < -0.39 is 0 Å². The number of hydrogen-bond acceptors (Lipinski definition) is 9. The lowest BCUT2D eigenvalue weighted by atomic mass is 9.92. The normalized spacial score (nSPS) is 15.2. The predicted molar refractivity (Wildman–Crippen MR) is 166 cm³/mol. The van der Waals surface area contributed by atoms with Crippen LogP contribution >= 0.6 is 11.3 Å². The van der Waals surface area contributed by atoms with Gasteiger partial charge in [-0.2, -0.15) is 5.26 Å². The topological polar surface area (TPSA) is 115 Å². The van der Waals surface area contributed by atoms with Gasteiger partial charge in [-0.1, -0.05) is 18.3 Å². The number of carbonyl (C=O) groups excluding carboxylic acids is 1. The molecule has 2 fully saturated rings. The fourth-order valence-electron chi connectivity index (χ4n) is 5.73. The molecule has 1 N–H and O–H groups in total. The predicted octanol–water partition coefficient (Wildman–Crippen LogP) is 4.48. The number of nitriles is 1. The average Bonchev–Trinajstić information content (AvgIpc) is 3.59.